The summed E-state index contributed by atoms with van der Waals surface area (Å²) in [7, 11) is 0. The molecular weight excluding hydrogens is 180 g/mol. The second kappa shape index (κ2) is 4.47. The molecule has 1 fully saturated rings. The molecular formula is C15H23-. The number of hydrogen-bond donors (Lipinski definition) is 0. The summed E-state index contributed by atoms with van der Waals surface area (Å²) >= 11 is 0. The molecule has 0 spiro atoms. The summed E-state index contributed by atoms with van der Waals surface area (Å²) in [5.74, 6) is 3.48. The van der Waals surface area contributed by atoms with Crippen LogP contribution in [0.5, 0.6) is 0 Å². The molecule has 15 heavy (non-hydrogen) atoms. The SMILES string of the molecule is CC(C)[C@@H]1CC[C@@H](C)C[C@H]1c1ccc[cH-]1. The molecule has 0 amide bonds. The van der Waals surface area contributed by atoms with Crippen molar-refractivity contribution in [2.75, 3.05) is 0 Å². The average molecular weight is 203 g/mol. The van der Waals surface area contributed by atoms with Gasteiger partial charge in [-0.2, -0.15) is 17.7 Å². The van der Waals surface area contributed by atoms with E-state index >= 15 is 0 Å². The fraction of sp³-hybridized carbons (Fsp3) is 0.667. The lowest BCUT2D eigenvalue weighted by atomic mass is 9.68. The van der Waals surface area contributed by atoms with Gasteiger partial charge in [-0.05, 0) is 36.5 Å². The van der Waals surface area contributed by atoms with Crippen LogP contribution < -0.4 is 0 Å². The first-order valence-electron chi connectivity index (χ1n) is 6.40. The van der Waals surface area contributed by atoms with Crippen LogP contribution in [-0.4, -0.2) is 0 Å². The zero-order valence-corrected chi connectivity index (χ0v) is 10.2. The lowest BCUT2D eigenvalue weighted by Gasteiger charge is -2.39. The van der Waals surface area contributed by atoms with Crippen molar-refractivity contribution in [1.29, 1.82) is 0 Å². The van der Waals surface area contributed by atoms with Gasteiger partial charge in [-0.25, -0.2) is 12.1 Å². The van der Waals surface area contributed by atoms with E-state index in [0.29, 0.717) is 0 Å². The van der Waals surface area contributed by atoms with Crippen LogP contribution in [0, 0.1) is 17.8 Å². The normalized spacial score (nSPS) is 32.1. The Morgan fingerprint density at radius 2 is 2.13 bits per heavy atom. The van der Waals surface area contributed by atoms with Gasteiger partial charge in [0, 0.05) is 0 Å². The monoisotopic (exact) mass is 203 g/mol. The largest absolute Gasteiger partial charge is 0.213 e. The minimum Gasteiger partial charge on any atom is -0.213 e. The Bertz CT molecular complexity index is 281. The first-order chi connectivity index (χ1) is 7.18. The van der Waals surface area contributed by atoms with Crippen molar-refractivity contribution in [3.63, 3.8) is 0 Å². The highest BCUT2D eigenvalue weighted by molar-refractivity contribution is 5.22. The van der Waals surface area contributed by atoms with E-state index in [1.807, 2.05) is 0 Å². The Balaban J connectivity index is 2.17. The van der Waals surface area contributed by atoms with E-state index in [0.717, 1.165) is 23.7 Å². The maximum atomic E-state index is 2.41. The van der Waals surface area contributed by atoms with E-state index in [1.54, 1.807) is 5.56 Å². The molecule has 0 aromatic heterocycles. The van der Waals surface area contributed by atoms with Crippen LogP contribution in [0.3, 0.4) is 0 Å². The first-order valence-corrected chi connectivity index (χ1v) is 6.40. The van der Waals surface area contributed by atoms with Gasteiger partial charge in [0.25, 0.3) is 0 Å². The lowest BCUT2D eigenvalue weighted by molar-refractivity contribution is 0.197. The highest BCUT2D eigenvalue weighted by Gasteiger charge is 2.29. The average Bonchev–Trinajstić information content (AvgIpc) is 2.69. The highest BCUT2D eigenvalue weighted by Crippen LogP contribution is 2.43. The van der Waals surface area contributed by atoms with Crippen LogP contribution in [0.1, 0.15) is 51.5 Å². The minimum absolute atomic E-state index is 0.823. The Kier molecular flexibility index (Phi) is 3.23. The van der Waals surface area contributed by atoms with Gasteiger partial charge in [-0.3, -0.25) is 0 Å². The third-order valence-electron chi connectivity index (χ3n) is 4.14. The molecule has 2 rings (SSSR count). The van der Waals surface area contributed by atoms with Gasteiger partial charge in [0.1, 0.15) is 0 Å². The summed E-state index contributed by atoms with van der Waals surface area (Å²) in [4.78, 5) is 0. The molecule has 0 saturated heterocycles. The summed E-state index contributed by atoms with van der Waals surface area (Å²) in [5.41, 5.74) is 1.58. The van der Waals surface area contributed by atoms with Gasteiger partial charge in [0.05, 0.1) is 0 Å². The second-order valence-corrected chi connectivity index (χ2v) is 5.65. The zero-order chi connectivity index (χ0) is 10.8. The van der Waals surface area contributed by atoms with E-state index in [9.17, 15) is 0 Å². The predicted molar refractivity (Wildman–Crippen MR) is 66.1 cm³/mol. The Hall–Kier alpha value is -0.650. The van der Waals surface area contributed by atoms with Crippen LogP contribution in [0.25, 0.3) is 0 Å². The zero-order valence-electron chi connectivity index (χ0n) is 10.2. The summed E-state index contributed by atoms with van der Waals surface area (Å²) in [6.45, 7) is 7.18. The Labute approximate surface area is 94.1 Å². The topological polar surface area (TPSA) is 0 Å². The van der Waals surface area contributed by atoms with Crippen LogP contribution >= 0.6 is 0 Å². The summed E-state index contributed by atoms with van der Waals surface area (Å²) < 4.78 is 0. The van der Waals surface area contributed by atoms with Crippen molar-refractivity contribution in [2.45, 2.75) is 46.0 Å². The fourth-order valence-electron chi connectivity index (χ4n) is 3.22. The smallest absolute Gasteiger partial charge is 0.0342 e. The molecule has 1 aromatic rings. The molecule has 3 atom stereocenters. The van der Waals surface area contributed by atoms with Crippen molar-refractivity contribution in [3.8, 4) is 0 Å². The van der Waals surface area contributed by atoms with Crippen molar-refractivity contribution >= 4 is 0 Å². The van der Waals surface area contributed by atoms with Crippen LogP contribution in [0.4, 0.5) is 0 Å². The highest BCUT2D eigenvalue weighted by atomic mass is 14.4. The van der Waals surface area contributed by atoms with Crippen molar-refractivity contribution in [3.05, 3.63) is 29.8 Å². The summed E-state index contributed by atoms with van der Waals surface area (Å²) in [6, 6.07) is 9.01. The van der Waals surface area contributed by atoms with E-state index < -0.39 is 0 Å². The van der Waals surface area contributed by atoms with E-state index in [1.165, 1.54) is 19.3 Å². The molecule has 0 heteroatoms. The van der Waals surface area contributed by atoms with Gasteiger partial charge in [-0.1, -0.05) is 27.2 Å². The maximum absolute atomic E-state index is 2.41. The molecule has 1 aliphatic rings. The summed E-state index contributed by atoms with van der Waals surface area (Å²) in [5, 5.41) is 0. The molecule has 1 saturated carbocycles. The van der Waals surface area contributed by atoms with E-state index in [2.05, 4.69) is 45.0 Å². The van der Waals surface area contributed by atoms with Crippen LogP contribution in [0.15, 0.2) is 24.3 Å². The molecule has 0 heterocycles. The van der Waals surface area contributed by atoms with Crippen molar-refractivity contribution < 1.29 is 0 Å². The quantitative estimate of drug-likeness (QED) is 0.617. The standard InChI is InChI=1S/C15H23/c1-11(2)14-9-8-12(3)10-15(14)13-6-4-5-7-13/h4-7,11-12,14-15H,8-10H2,1-3H3/q-1/t12-,14+,15+/m1/s1. The fourth-order valence-corrected chi connectivity index (χ4v) is 3.22. The van der Waals surface area contributed by atoms with Crippen molar-refractivity contribution in [1.82, 2.24) is 0 Å². The van der Waals surface area contributed by atoms with Gasteiger partial charge < -0.3 is 0 Å². The van der Waals surface area contributed by atoms with Gasteiger partial charge >= 0.3 is 0 Å². The number of hydrogen-bond acceptors (Lipinski definition) is 0. The molecule has 0 unspecified atom stereocenters. The van der Waals surface area contributed by atoms with Crippen LogP contribution in [-0.2, 0) is 0 Å². The van der Waals surface area contributed by atoms with Gasteiger partial charge in [0.2, 0.25) is 0 Å². The first kappa shape index (κ1) is 10.9. The lowest BCUT2D eigenvalue weighted by Crippen LogP contribution is -2.25. The molecule has 1 aliphatic carbocycles. The molecule has 0 aliphatic heterocycles. The van der Waals surface area contributed by atoms with Gasteiger partial charge in [0.15, 0.2) is 0 Å². The molecule has 0 bridgehead atoms. The van der Waals surface area contributed by atoms with Crippen LogP contribution in [0.2, 0.25) is 0 Å². The molecule has 1 aromatic carbocycles. The molecule has 0 radical (unpaired) electrons. The summed E-state index contributed by atoms with van der Waals surface area (Å²) in [6.07, 6.45) is 4.25. The van der Waals surface area contributed by atoms with Gasteiger partial charge in [-0.15, -0.1) is 0 Å². The van der Waals surface area contributed by atoms with E-state index in [4.69, 9.17) is 0 Å². The minimum atomic E-state index is 0.823. The Morgan fingerprint density at radius 1 is 1.33 bits per heavy atom. The predicted octanol–water partition coefficient (Wildman–Crippen LogP) is 4.58. The van der Waals surface area contributed by atoms with E-state index in [-0.39, 0.29) is 0 Å². The number of rotatable bonds is 2. The van der Waals surface area contributed by atoms with Crippen molar-refractivity contribution in [2.24, 2.45) is 17.8 Å². The maximum Gasteiger partial charge on any atom is -0.0342 e. The third-order valence-corrected chi connectivity index (χ3v) is 4.14. The Morgan fingerprint density at radius 3 is 2.73 bits per heavy atom. The third kappa shape index (κ3) is 2.30. The molecule has 84 valence electrons. The molecule has 0 N–H and O–H groups in total. The molecule has 0 nitrogen and oxygen atoms in total. The second-order valence-electron chi connectivity index (χ2n) is 5.65.